The SMILES string of the molecule is Cc1ccc(CNC(=O)C(C)(C)C(=O)NCCc2ccccc2F)cc1. The van der Waals surface area contributed by atoms with Gasteiger partial charge in [0.2, 0.25) is 11.8 Å². The van der Waals surface area contributed by atoms with Crippen molar-refractivity contribution in [2.24, 2.45) is 5.41 Å². The molecule has 26 heavy (non-hydrogen) atoms. The lowest BCUT2D eigenvalue weighted by Crippen LogP contribution is -2.48. The Morgan fingerprint density at radius 2 is 1.58 bits per heavy atom. The molecule has 2 rings (SSSR count). The van der Waals surface area contributed by atoms with Crippen molar-refractivity contribution in [3.8, 4) is 0 Å². The van der Waals surface area contributed by atoms with Crippen molar-refractivity contribution in [3.63, 3.8) is 0 Å². The highest BCUT2D eigenvalue weighted by Gasteiger charge is 2.35. The topological polar surface area (TPSA) is 58.2 Å². The van der Waals surface area contributed by atoms with Gasteiger partial charge in [0.05, 0.1) is 0 Å². The molecular weight excluding hydrogens is 331 g/mol. The summed E-state index contributed by atoms with van der Waals surface area (Å²) in [4.78, 5) is 24.8. The smallest absolute Gasteiger partial charge is 0.235 e. The number of rotatable bonds is 7. The fraction of sp³-hybridized carbons (Fsp3) is 0.333. The van der Waals surface area contributed by atoms with Crippen LogP contribution in [0.1, 0.15) is 30.5 Å². The van der Waals surface area contributed by atoms with Crippen LogP contribution in [0.15, 0.2) is 48.5 Å². The Labute approximate surface area is 153 Å². The zero-order valence-electron chi connectivity index (χ0n) is 15.4. The van der Waals surface area contributed by atoms with E-state index in [4.69, 9.17) is 0 Å². The molecule has 0 fully saturated rings. The van der Waals surface area contributed by atoms with Crippen LogP contribution < -0.4 is 10.6 Å². The Balaban J connectivity index is 1.84. The maximum absolute atomic E-state index is 13.6. The molecule has 0 bridgehead atoms. The van der Waals surface area contributed by atoms with Crippen LogP contribution in [0.4, 0.5) is 4.39 Å². The third-order valence-corrected chi connectivity index (χ3v) is 4.35. The number of benzene rings is 2. The standard InChI is InChI=1S/C21H25FN2O2/c1-15-8-10-16(11-9-15)14-24-20(26)21(2,3)19(25)23-13-12-17-6-4-5-7-18(17)22/h4-11H,12-14H2,1-3H3,(H,23,25)(H,24,26). The minimum absolute atomic E-state index is 0.272. The second-order valence-corrected chi connectivity index (χ2v) is 6.89. The first-order chi connectivity index (χ1) is 12.3. The second-order valence-electron chi connectivity index (χ2n) is 6.89. The summed E-state index contributed by atoms with van der Waals surface area (Å²) < 4.78 is 13.6. The molecule has 0 heterocycles. The molecule has 5 heteroatoms. The van der Waals surface area contributed by atoms with Crippen LogP contribution >= 0.6 is 0 Å². The highest BCUT2D eigenvalue weighted by atomic mass is 19.1. The van der Waals surface area contributed by atoms with E-state index in [2.05, 4.69) is 10.6 Å². The number of aryl methyl sites for hydroxylation is 1. The predicted molar refractivity (Wildman–Crippen MR) is 99.9 cm³/mol. The lowest BCUT2D eigenvalue weighted by atomic mass is 9.91. The van der Waals surface area contributed by atoms with Gasteiger partial charge in [0, 0.05) is 13.1 Å². The molecule has 0 spiro atoms. The fourth-order valence-electron chi connectivity index (χ4n) is 2.45. The molecule has 2 N–H and O–H groups in total. The van der Waals surface area contributed by atoms with E-state index in [1.807, 2.05) is 31.2 Å². The summed E-state index contributed by atoms with van der Waals surface area (Å²) in [6, 6.07) is 14.3. The van der Waals surface area contributed by atoms with Gasteiger partial charge in [-0.1, -0.05) is 48.0 Å². The monoisotopic (exact) mass is 356 g/mol. The molecule has 0 aromatic heterocycles. The molecule has 2 aromatic carbocycles. The van der Waals surface area contributed by atoms with Gasteiger partial charge in [0.25, 0.3) is 0 Å². The zero-order valence-corrected chi connectivity index (χ0v) is 15.4. The Bertz CT molecular complexity index is 770. The second kappa shape index (κ2) is 8.61. The first-order valence-corrected chi connectivity index (χ1v) is 8.66. The van der Waals surface area contributed by atoms with Gasteiger partial charge < -0.3 is 10.6 Å². The first-order valence-electron chi connectivity index (χ1n) is 8.66. The normalized spacial score (nSPS) is 11.1. The van der Waals surface area contributed by atoms with E-state index in [0.717, 1.165) is 11.1 Å². The molecule has 0 aliphatic rings. The van der Waals surface area contributed by atoms with E-state index in [9.17, 15) is 14.0 Å². The molecule has 138 valence electrons. The Morgan fingerprint density at radius 1 is 0.962 bits per heavy atom. The Morgan fingerprint density at radius 3 is 2.23 bits per heavy atom. The van der Waals surface area contributed by atoms with Crippen LogP contribution in [-0.4, -0.2) is 18.4 Å². The summed E-state index contributed by atoms with van der Waals surface area (Å²) in [5.41, 5.74) is 1.45. The molecule has 0 unspecified atom stereocenters. The zero-order chi connectivity index (χ0) is 19.2. The van der Waals surface area contributed by atoms with Gasteiger partial charge in [-0.2, -0.15) is 0 Å². The van der Waals surface area contributed by atoms with Crippen molar-refractivity contribution in [3.05, 3.63) is 71.0 Å². The van der Waals surface area contributed by atoms with Gasteiger partial charge in [-0.25, -0.2) is 4.39 Å². The number of carbonyl (C=O) groups excluding carboxylic acids is 2. The number of carbonyl (C=O) groups is 2. The highest BCUT2D eigenvalue weighted by Crippen LogP contribution is 2.16. The van der Waals surface area contributed by atoms with E-state index in [-0.39, 0.29) is 24.2 Å². The van der Waals surface area contributed by atoms with Crippen LogP contribution in [0, 0.1) is 18.2 Å². The van der Waals surface area contributed by atoms with Crippen LogP contribution in [0.25, 0.3) is 0 Å². The molecule has 0 radical (unpaired) electrons. The van der Waals surface area contributed by atoms with E-state index >= 15 is 0 Å². The van der Waals surface area contributed by atoms with Gasteiger partial charge in [-0.15, -0.1) is 0 Å². The fourth-order valence-corrected chi connectivity index (χ4v) is 2.45. The molecule has 2 amide bonds. The largest absolute Gasteiger partial charge is 0.355 e. The third kappa shape index (κ3) is 5.15. The van der Waals surface area contributed by atoms with Gasteiger partial charge in [0.1, 0.15) is 11.2 Å². The number of hydrogen-bond acceptors (Lipinski definition) is 2. The summed E-state index contributed by atoms with van der Waals surface area (Å²) in [7, 11) is 0. The molecule has 2 aromatic rings. The van der Waals surface area contributed by atoms with Crippen molar-refractivity contribution in [1.29, 1.82) is 0 Å². The summed E-state index contributed by atoms with van der Waals surface area (Å²) in [5, 5.41) is 5.52. The van der Waals surface area contributed by atoms with Crippen LogP contribution in [0.2, 0.25) is 0 Å². The first kappa shape index (κ1) is 19.6. The molecular formula is C21H25FN2O2. The van der Waals surface area contributed by atoms with E-state index in [1.165, 1.54) is 6.07 Å². The van der Waals surface area contributed by atoms with Crippen molar-refractivity contribution in [1.82, 2.24) is 10.6 Å². The van der Waals surface area contributed by atoms with E-state index < -0.39 is 5.41 Å². The van der Waals surface area contributed by atoms with E-state index in [0.29, 0.717) is 18.5 Å². The number of amides is 2. The Kier molecular flexibility index (Phi) is 6.50. The number of halogens is 1. The van der Waals surface area contributed by atoms with Crippen LogP contribution in [-0.2, 0) is 22.6 Å². The minimum Gasteiger partial charge on any atom is -0.355 e. The Hall–Kier alpha value is -2.69. The molecule has 4 nitrogen and oxygen atoms in total. The van der Waals surface area contributed by atoms with Crippen molar-refractivity contribution < 1.29 is 14.0 Å². The molecule has 0 saturated heterocycles. The predicted octanol–water partition coefficient (Wildman–Crippen LogP) is 3.14. The van der Waals surface area contributed by atoms with Crippen molar-refractivity contribution >= 4 is 11.8 Å². The lowest BCUT2D eigenvalue weighted by Gasteiger charge is -2.23. The maximum Gasteiger partial charge on any atom is 0.235 e. The van der Waals surface area contributed by atoms with Gasteiger partial charge >= 0.3 is 0 Å². The third-order valence-electron chi connectivity index (χ3n) is 4.35. The average molecular weight is 356 g/mol. The maximum atomic E-state index is 13.6. The average Bonchev–Trinajstić information content (AvgIpc) is 2.62. The van der Waals surface area contributed by atoms with Crippen LogP contribution in [0.3, 0.4) is 0 Å². The van der Waals surface area contributed by atoms with Crippen molar-refractivity contribution in [2.75, 3.05) is 6.54 Å². The van der Waals surface area contributed by atoms with E-state index in [1.54, 1.807) is 32.0 Å². The van der Waals surface area contributed by atoms with Gasteiger partial charge in [0.15, 0.2) is 0 Å². The number of nitrogens with one attached hydrogen (secondary N) is 2. The van der Waals surface area contributed by atoms with Gasteiger partial charge in [-0.05, 0) is 44.4 Å². The quantitative estimate of drug-likeness (QED) is 0.749. The van der Waals surface area contributed by atoms with Crippen molar-refractivity contribution in [2.45, 2.75) is 33.7 Å². The summed E-state index contributed by atoms with van der Waals surface area (Å²) >= 11 is 0. The summed E-state index contributed by atoms with van der Waals surface area (Å²) in [6.45, 7) is 5.79. The lowest BCUT2D eigenvalue weighted by molar-refractivity contribution is -0.141. The molecule has 0 aliphatic heterocycles. The van der Waals surface area contributed by atoms with Crippen LogP contribution in [0.5, 0.6) is 0 Å². The summed E-state index contributed by atoms with van der Waals surface area (Å²) in [5.74, 6) is -1.02. The minimum atomic E-state index is -1.21. The molecule has 0 aliphatic carbocycles. The highest BCUT2D eigenvalue weighted by molar-refractivity contribution is 6.04. The molecule has 0 atom stereocenters. The van der Waals surface area contributed by atoms with Gasteiger partial charge in [-0.3, -0.25) is 9.59 Å². The summed E-state index contributed by atoms with van der Waals surface area (Å²) in [6.07, 6.45) is 0.374. The number of hydrogen-bond donors (Lipinski definition) is 2. The molecule has 0 saturated carbocycles.